The summed E-state index contributed by atoms with van der Waals surface area (Å²) in [7, 11) is 0. The molecule has 0 spiro atoms. The summed E-state index contributed by atoms with van der Waals surface area (Å²) in [6.45, 7) is 0.134. The molecular weight excluding hydrogens is 559 g/mol. The molecule has 6 aromatic carbocycles. The lowest BCUT2D eigenvalue weighted by molar-refractivity contribution is 1.14. The SMILES string of the molecule is c1ccc(N2c3ccccc3B3c4c2cccc4-n2c4c3cccc4c3ccc4c(c5ccccc5n4-c4cccnc4)c32)cc1. The Morgan fingerprint density at radius 3 is 2.09 bits per heavy atom. The van der Waals surface area contributed by atoms with E-state index in [-0.39, 0.29) is 6.71 Å². The van der Waals surface area contributed by atoms with Crippen LogP contribution in [0, 0.1) is 0 Å². The Balaban J connectivity index is 1.34. The van der Waals surface area contributed by atoms with E-state index in [1.54, 1.807) is 0 Å². The van der Waals surface area contributed by atoms with Crippen molar-refractivity contribution in [3.05, 3.63) is 152 Å². The minimum atomic E-state index is 0.134. The number of pyridine rings is 1. The van der Waals surface area contributed by atoms with E-state index in [0.717, 1.165) is 5.69 Å². The lowest BCUT2D eigenvalue weighted by Gasteiger charge is -2.40. The first-order valence-electron chi connectivity index (χ1n) is 15.9. The van der Waals surface area contributed by atoms with Crippen molar-refractivity contribution in [2.24, 2.45) is 0 Å². The molecule has 2 aliphatic rings. The highest BCUT2D eigenvalue weighted by atomic mass is 15.2. The van der Waals surface area contributed by atoms with Crippen LogP contribution in [0.15, 0.2) is 152 Å². The number of para-hydroxylation sites is 4. The lowest BCUT2D eigenvalue weighted by Crippen LogP contribution is -2.60. The molecule has 11 rings (SSSR count). The van der Waals surface area contributed by atoms with Crippen LogP contribution >= 0.6 is 0 Å². The predicted molar refractivity (Wildman–Crippen MR) is 192 cm³/mol. The van der Waals surface area contributed by atoms with Gasteiger partial charge in [0.1, 0.15) is 0 Å². The Labute approximate surface area is 265 Å². The highest BCUT2D eigenvalue weighted by Crippen LogP contribution is 2.44. The number of nitrogens with zero attached hydrogens (tertiary/aromatic N) is 4. The standard InChI is InChI=1S/C41H25BN4/c1-2-11-26(12-3-1)44-34-19-7-5-16-31(34)42-32-17-8-15-28-29-22-23-35-38(41(29)46(40(28)32)37-21-9-20-36(44)39(37)42)30-14-4-6-18-33(30)45(35)27-13-10-24-43-25-27/h1-25H. The maximum atomic E-state index is 4.49. The fraction of sp³-hybridized carbons (Fsp3) is 0. The van der Waals surface area contributed by atoms with Gasteiger partial charge in [0.05, 0.1) is 28.4 Å². The summed E-state index contributed by atoms with van der Waals surface area (Å²) >= 11 is 0. The van der Waals surface area contributed by atoms with E-state index < -0.39 is 0 Å². The minimum absolute atomic E-state index is 0.134. The van der Waals surface area contributed by atoms with Gasteiger partial charge in [-0.3, -0.25) is 4.98 Å². The van der Waals surface area contributed by atoms with E-state index in [4.69, 9.17) is 0 Å². The number of hydrogen-bond acceptors (Lipinski definition) is 2. The van der Waals surface area contributed by atoms with Crippen molar-refractivity contribution in [2.45, 2.75) is 0 Å². The van der Waals surface area contributed by atoms with Gasteiger partial charge in [-0.25, -0.2) is 0 Å². The second kappa shape index (κ2) is 8.77. The van der Waals surface area contributed by atoms with E-state index in [1.807, 2.05) is 18.5 Å². The zero-order valence-electron chi connectivity index (χ0n) is 24.8. The molecular formula is C41H25BN4. The number of benzene rings is 6. The summed E-state index contributed by atoms with van der Waals surface area (Å²) < 4.78 is 4.94. The molecule has 0 atom stereocenters. The third-order valence-electron chi connectivity index (χ3n) is 10.2. The topological polar surface area (TPSA) is 26.0 Å². The summed E-state index contributed by atoms with van der Waals surface area (Å²) in [5, 5.41) is 5.09. The van der Waals surface area contributed by atoms with Crippen LogP contribution in [0.1, 0.15) is 0 Å². The minimum Gasteiger partial charge on any atom is -0.311 e. The number of anilines is 3. The van der Waals surface area contributed by atoms with Crippen LogP contribution in [0.2, 0.25) is 0 Å². The maximum absolute atomic E-state index is 4.49. The van der Waals surface area contributed by atoms with E-state index >= 15 is 0 Å². The molecule has 0 radical (unpaired) electrons. The summed E-state index contributed by atoms with van der Waals surface area (Å²) in [5.74, 6) is 0. The van der Waals surface area contributed by atoms with Gasteiger partial charge in [-0.15, -0.1) is 0 Å². The van der Waals surface area contributed by atoms with Gasteiger partial charge in [-0.1, -0.05) is 84.9 Å². The third-order valence-corrected chi connectivity index (χ3v) is 10.2. The average molecular weight is 584 g/mol. The monoisotopic (exact) mass is 584 g/mol. The average Bonchev–Trinajstić information content (AvgIpc) is 3.64. The zero-order valence-corrected chi connectivity index (χ0v) is 24.8. The molecule has 0 bridgehead atoms. The molecule has 0 amide bonds. The zero-order chi connectivity index (χ0) is 29.9. The Hall–Kier alpha value is -6.07. The molecule has 5 heteroatoms. The van der Waals surface area contributed by atoms with Crippen LogP contribution in [0.3, 0.4) is 0 Å². The molecule has 0 unspecified atom stereocenters. The largest absolute Gasteiger partial charge is 0.311 e. The van der Waals surface area contributed by atoms with E-state index in [0.29, 0.717) is 0 Å². The highest BCUT2D eigenvalue weighted by molar-refractivity contribution is 7.00. The molecule has 2 aliphatic heterocycles. The van der Waals surface area contributed by atoms with E-state index in [2.05, 4.69) is 152 Å². The van der Waals surface area contributed by atoms with Crippen LogP contribution < -0.4 is 21.3 Å². The smallest absolute Gasteiger partial charge is 0.252 e. The van der Waals surface area contributed by atoms with Gasteiger partial charge in [0.25, 0.3) is 6.71 Å². The Bertz CT molecular complexity index is 2710. The third kappa shape index (κ3) is 2.93. The first kappa shape index (κ1) is 24.3. The van der Waals surface area contributed by atoms with Crippen molar-refractivity contribution in [3.8, 4) is 11.4 Å². The fourth-order valence-corrected chi connectivity index (χ4v) is 8.50. The normalized spacial score (nSPS) is 13.1. The summed E-state index contributed by atoms with van der Waals surface area (Å²) in [4.78, 5) is 6.94. The number of fused-ring (bicyclic) bond motifs is 11. The van der Waals surface area contributed by atoms with Gasteiger partial charge >= 0.3 is 0 Å². The highest BCUT2D eigenvalue weighted by Gasteiger charge is 2.41. The van der Waals surface area contributed by atoms with Crippen LogP contribution in [-0.2, 0) is 0 Å². The van der Waals surface area contributed by atoms with Crippen LogP contribution in [0.5, 0.6) is 0 Å². The summed E-state index contributed by atoms with van der Waals surface area (Å²) in [5.41, 5.74) is 15.0. The van der Waals surface area contributed by atoms with Crippen LogP contribution in [0.4, 0.5) is 17.1 Å². The molecule has 0 saturated carbocycles. The first-order valence-corrected chi connectivity index (χ1v) is 15.9. The fourth-order valence-electron chi connectivity index (χ4n) is 8.50. The molecule has 3 aromatic heterocycles. The Morgan fingerprint density at radius 1 is 0.457 bits per heavy atom. The molecule has 0 fully saturated rings. The molecule has 0 N–H and O–H groups in total. The summed E-state index contributed by atoms with van der Waals surface area (Å²) in [6.07, 6.45) is 3.80. The molecule has 0 saturated heterocycles. The molecule has 9 aromatic rings. The molecule has 46 heavy (non-hydrogen) atoms. The van der Waals surface area contributed by atoms with E-state index in [1.165, 1.54) is 82.7 Å². The van der Waals surface area contributed by atoms with Gasteiger partial charge in [-0.2, -0.15) is 0 Å². The maximum Gasteiger partial charge on any atom is 0.252 e. The second-order valence-corrected chi connectivity index (χ2v) is 12.4. The van der Waals surface area contributed by atoms with Gasteiger partial charge in [0.15, 0.2) is 0 Å². The lowest BCUT2D eigenvalue weighted by atomic mass is 9.34. The van der Waals surface area contributed by atoms with Crippen LogP contribution in [-0.4, -0.2) is 20.8 Å². The van der Waals surface area contributed by atoms with Gasteiger partial charge in [0, 0.05) is 56.0 Å². The number of aromatic nitrogens is 3. The number of hydrogen-bond donors (Lipinski definition) is 0. The molecule has 5 heterocycles. The quantitative estimate of drug-likeness (QED) is 0.193. The van der Waals surface area contributed by atoms with Crippen molar-refractivity contribution in [3.63, 3.8) is 0 Å². The molecule has 212 valence electrons. The van der Waals surface area contributed by atoms with Gasteiger partial charge in [0.2, 0.25) is 0 Å². The molecule has 4 nitrogen and oxygen atoms in total. The van der Waals surface area contributed by atoms with Gasteiger partial charge in [-0.05, 0) is 71.0 Å². The predicted octanol–water partition coefficient (Wildman–Crippen LogP) is 7.89. The van der Waals surface area contributed by atoms with Crippen molar-refractivity contribution >= 4 is 83.8 Å². The van der Waals surface area contributed by atoms with Crippen molar-refractivity contribution < 1.29 is 0 Å². The van der Waals surface area contributed by atoms with Crippen LogP contribution in [0.25, 0.3) is 55.0 Å². The Morgan fingerprint density at radius 2 is 1.17 bits per heavy atom. The molecule has 0 aliphatic carbocycles. The van der Waals surface area contributed by atoms with Crippen molar-refractivity contribution in [1.82, 2.24) is 14.1 Å². The van der Waals surface area contributed by atoms with Gasteiger partial charge < -0.3 is 14.0 Å². The number of rotatable bonds is 2. The van der Waals surface area contributed by atoms with Crippen molar-refractivity contribution in [1.29, 1.82) is 0 Å². The Kier molecular flexibility index (Phi) is 4.63. The van der Waals surface area contributed by atoms with Crippen molar-refractivity contribution in [2.75, 3.05) is 4.90 Å². The van der Waals surface area contributed by atoms with E-state index in [9.17, 15) is 0 Å². The summed E-state index contributed by atoms with van der Waals surface area (Å²) in [6, 6.07) is 51.1. The second-order valence-electron chi connectivity index (χ2n) is 12.4. The first-order chi connectivity index (χ1) is 22.9.